The summed E-state index contributed by atoms with van der Waals surface area (Å²) in [6, 6.07) is 10.1. The molecule has 182 valence electrons. The molecule has 0 bridgehead atoms. The van der Waals surface area contributed by atoms with E-state index in [-0.39, 0.29) is 12.3 Å². The van der Waals surface area contributed by atoms with E-state index in [0.29, 0.717) is 17.7 Å². The number of aliphatic hydroxyl groups excluding tert-OH is 1. The number of esters is 1. The third-order valence-electron chi connectivity index (χ3n) is 6.51. The van der Waals surface area contributed by atoms with Gasteiger partial charge in [-0.1, -0.05) is 18.2 Å². The number of anilines is 1. The highest BCUT2D eigenvalue weighted by Gasteiger charge is 2.56. The molecule has 1 N–H and O–H groups in total. The van der Waals surface area contributed by atoms with Gasteiger partial charge in [0.05, 0.1) is 17.6 Å². The molecule has 0 saturated carbocycles. The first kappa shape index (κ1) is 23.9. The Hall–Kier alpha value is -3.21. The van der Waals surface area contributed by atoms with Gasteiger partial charge in [-0.05, 0) is 31.5 Å². The number of aliphatic hydroxyl groups is 1. The number of hydrogen-bond donors (Lipinski definition) is 1. The van der Waals surface area contributed by atoms with E-state index in [1.54, 1.807) is 18.7 Å². The number of ether oxygens (including phenoxy) is 4. The monoisotopic (exact) mass is 472 g/mol. The zero-order chi connectivity index (χ0) is 24.6. The minimum absolute atomic E-state index is 0.154. The minimum Gasteiger partial charge on any atom is -0.479 e. The van der Waals surface area contributed by atoms with Crippen LogP contribution in [0.3, 0.4) is 0 Å². The molecule has 0 unspecified atom stereocenters. The molecule has 2 aliphatic rings. The van der Waals surface area contributed by atoms with Gasteiger partial charge in [0.25, 0.3) is 5.69 Å². The van der Waals surface area contributed by atoms with Crippen LogP contribution in [0.4, 0.5) is 11.4 Å². The number of methoxy groups -OCH3 is 2. The number of rotatable bonds is 7. The van der Waals surface area contributed by atoms with E-state index in [1.165, 1.54) is 32.4 Å². The predicted octanol–water partition coefficient (Wildman–Crippen LogP) is 2.76. The third kappa shape index (κ3) is 3.77. The number of nitro groups is 1. The normalized spacial score (nSPS) is 25.5. The predicted molar refractivity (Wildman–Crippen MR) is 122 cm³/mol. The van der Waals surface area contributed by atoms with E-state index in [0.717, 1.165) is 11.3 Å². The van der Waals surface area contributed by atoms with E-state index in [1.807, 2.05) is 24.3 Å². The fourth-order valence-corrected chi connectivity index (χ4v) is 5.00. The van der Waals surface area contributed by atoms with E-state index in [9.17, 15) is 20.0 Å². The molecule has 2 aromatic rings. The van der Waals surface area contributed by atoms with Crippen LogP contribution in [0.5, 0.6) is 5.75 Å². The van der Waals surface area contributed by atoms with Gasteiger partial charge in [0.15, 0.2) is 11.9 Å². The van der Waals surface area contributed by atoms with Gasteiger partial charge in [-0.15, -0.1) is 0 Å². The fraction of sp³-hybridized carbons (Fsp3) is 0.458. The molecule has 0 fully saturated rings. The standard InChI is InChI=1S/C24H28N2O8/c1-5-33-22(28)18-12-14-8-6-7-9-17(14)25(18)20-16-13-15(26(29)30)10-11-19(16)34-24(2,21(20)27)23(31-3)32-4/h6-11,13,18,20-21,23,27H,5,12H2,1-4H3/t18-,20-,21+,24+/m1/s1. The van der Waals surface area contributed by atoms with Gasteiger partial charge in [0.1, 0.15) is 17.9 Å². The van der Waals surface area contributed by atoms with E-state index >= 15 is 0 Å². The zero-order valence-electron chi connectivity index (χ0n) is 19.5. The Morgan fingerprint density at radius 2 is 2.00 bits per heavy atom. The number of non-ortho nitro benzene ring substituents is 1. The second kappa shape index (κ2) is 9.21. The molecule has 0 aliphatic carbocycles. The maximum Gasteiger partial charge on any atom is 0.329 e. The summed E-state index contributed by atoms with van der Waals surface area (Å²) in [6.07, 6.45) is -1.89. The van der Waals surface area contributed by atoms with Crippen LogP contribution < -0.4 is 9.64 Å². The molecule has 10 nitrogen and oxygen atoms in total. The second-order valence-electron chi connectivity index (χ2n) is 8.47. The van der Waals surface area contributed by atoms with Crippen LogP contribution >= 0.6 is 0 Å². The van der Waals surface area contributed by atoms with Gasteiger partial charge in [0.2, 0.25) is 0 Å². The van der Waals surface area contributed by atoms with Crippen LogP contribution in [0.1, 0.15) is 31.0 Å². The SMILES string of the molecule is CCOC(=O)[C@H]1Cc2ccccc2N1[C@@H]1c2cc([N+](=O)[O-])ccc2O[C@](C)(C(OC)OC)[C@H]1O. The molecule has 2 aromatic carbocycles. The van der Waals surface area contributed by atoms with Crippen molar-refractivity contribution in [3.05, 3.63) is 63.7 Å². The van der Waals surface area contributed by atoms with Crippen molar-refractivity contribution in [2.45, 2.75) is 50.3 Å². The van der Waals surface area contributed by atoms with Gasteiger partial charge < -0.3 is 29.0 Å². The van der Waals surface area contributed by atoms with Crippen molar-refractivity contribution >= 4 is 17.3 Å². The Kier molecular flexibility index (Phi) is 6.48. The number of benzene rings is 2. The molecular formula is C24H28N2O8. The largest absolute Gasteiger partial charge is 0.479 e. The number of para-hydroxylation sites is 1. The summed E-state index contributed by atoms with van der Waals surface area (Å²) in [5, 5.41) is 23.3. The van der Waals surface area contributed by atoms with Crippen molar-refractivity contribution in [3.8, 4) is 5.75 Å². The smallest absolute Gasteiger partial charge is 0.329 e. The highest BCUT2D eigenvalue weighted by atomic mass is 16.7. The molecule has 0 aromatic heterocycles. The first-order valence-corrected chi connectivity index (χ1v) is 11.0. The lowest BCUT2D eigenvalue weighted by Crippen LogP contribution is -2.63. The minimum atomic E-state index is -1.39. The van der Waals surface area contributed by atoms with Crippen LogP contribution in [0, 0.1) is 10.1 Å². The summed E-state index contributed by atoms with van der Waals surface area (Å²) in [7, 11) is 2.87. The first-order chi connectivity index (χ1) is 16.3. The van der Waals surface area contributed by atoms with E-state index < -0.39 is 41.0 Å². The molecule has 0 amide bonds. The first-order valence-electron chi connectivity index (χ1n) is 11.0. The average Bonchev–Trinajstić information content (AvgIpc) is 3.20. The molecule has 4 atom stereocenters. The highest BCUT2D eigenvalue weighted by molar-refractivity contribution is 5.84. The molecule has 2 heterocycles. The summed E-state index contributed by atoms with van der Waals surface area (Å²) < 4.78 is 22.4. The highest BCUT2D eigenvalue weighted by Crippen LogP contribution is 2.50. The van der Waals surface area contributed by atoms with Gasteiger partial charge in [-0.2, -0.15) is 0 Å². The Morgan fingerprint density at radius 3 is 2.65 bits per heavy atom. The number of carbonyl (C=O) groups is 1. The summed E-state index contributed by atoms with van der Waals surface area (Å²) >= 11 is 0. The summed E-state index contributed by atoms with van der Waals surface area (Å²) in [5.74, 6) is -0.115. The maximum absolute atomic E-state index is 13.0. The Labute approximate surface area is 197 Å². The van der Waals surface area contributed by atoms with E-state index in [4.69, 9.17) is 18.9 Å². The van der Waals surface area contributed by atoms with Gasteiger partial charge in [0, 0.05) is 44.0 Å². The topological polar surface area (TPSA) is 121 Å². The summed E-state index contributed by atoms with van der Waals surface area (Å²) in [4.78, 5) is 25.9. The van der Waals surface area contributed by atoms with Crippen LogP contribution in [0.25, 0.3) is 0 Å². The Morgan fingerprint density at radius 1 is 1.29 bits per heavy atom. The number of fused-ring (bicyclic) bond motifs is 2. The average molecular weight is 472 g/mol. The van der Waals surface area contributed by atoms with Gasteiger partial charge >= 0.3 is 5.97 Å². The second-order valence-corrected chi connectivity index (χ2v) is 8.47. The van der Waals surface area contributed by atoms with E-state index in [2.05, 4.69) is 0 Å². The third-order valence-corrected chi connectivity index (χ3v) is 6.51. The quantitative estimate of drug-likeness (QED) is 0.281. The lowest BCUT2D eigenvalue weighted by molar-refractivity contribution is -0.385. The van der Waals surface area contributed by atoms with Crippen molar-refractivity contribution in [2.24, 2.45) is 0 Å². The molecule has 0 spiro atoms. The molecule has 4 rings (SSSR count). The van der Waals surface area contributed by atoms with Crippen molar-refractivity contribution in [3.63, 3.8) is 0 Å². The van der Waals surface area contributed by atoms with Crippen LogP contribution in [-0.4, -0.2) is 60.9 Å². The van der Waals surface area contributed by atoms with Crippen molar-refractivity contribution < 1.29 is 33.8 Å². The molecular weight excluding hydrogens is 444 g/mol. The fourth-order valence-electron chi connectivity index (χ4n) is 5.00. The lowest BCUT2D eigenvalue weighted by Gasteiger charge is -2.50. The number of nitrogens with zero attached hydrogens (tertiary/aromatic N) is 2. The van der Waals surface area contributed by atoms with Crippen molar-refractivity contribution in [1.82, 2.24) is 0 Å². The molecule has 2 aliphatic heterocycles. The van der Waals surface area contributed by atoms with Crippen LogP contribution in [0.15, 0.2) is 42.5 Å². The zero-order valence-corrected chi connectivity index (χ0v) is 19.5. The van der Waals surface area contributed by atoms with Crippen molar-refractivity contribution in [2.75, 3.05) is 25.7 Å². The lowest BCUT2D eigenvalue weighted by atomic mass is 9.83. The van der Waals surface area contributed by atoms with Crippen molar-refractivity contribution in [1.29, 1.82) is 0 Å². The molecule has 0 saturated heterocycles. The van der Waals surface area contributed by atoms with Crippen LogP contribution in [-0.2, 0) is 25.4 Å². The number of nitro benzene ring substituents is 1. The summed E-state index contributed by atoms with van der Waals surface area (Å²) in [6.45, 7) is 3.57. The van der Waals surface area contributed by atoms with Crippen LogP contribution in [0.2, 0.25) is 0 Å². The molecule has 10 heteroatoms. The van der Waals surface area contributed by atoms with Gasteiger partial charge in [-0.3, -0.25) is 10.1 Å². The summed E-state index contributed by atoms with van der Waals surface area (Å²) in [5.41, 5.74) is 0.476. The molecule has 34 heavy (non-hydrogen) atoms. The maximum atomic E-state index is 13.0. The van der Waals surface area contributed by atoms with Gasteiger partial charge in [-0.25, -0.2) is 4.79 Å². The Bertz CT molecular complexity index is 1090. The Balaban J connectivity index is 1.93. The molecule has 0 radical (unpaired) electrons. The number of carbonyl (C=O) groups excluding carboxylic acids is 1. The number of hydrogen-bond acceptors (Lipinski definition) is 9.